The van der Waals surface area contributed by atoms with E-state index in [1.165, 1.54) is 12.8 Å². The molecule has 0 aromatic carbocycles. The quantitative estimate of drug-likeness (QED) is 0.754. The van der Waals surface area contributed by atoms with Crippen molar-refractivity contribution < 1.29 is 14.3 Å². The van der Waals surface area contributed by atoms with Crippen LogP contribution in [0.1, 0.15) is 59.3 Å². The second-order valence-corrected chi connectivity index (χ2v) is 6.08. The Morgan fingerprint density at radius 1 is 1.21 bits per heavy atom. The Morgan fingerprint density at radius 2 is 1.84 bits per heavy atom. The Hall–Kier alpha value is -1.26. The van der Waals surface area contributed by atoms with Crippen LogP contribution >= 0.6 is 0 Å². The van der Waals surface area contributed by atoms with Crippen LogP contribution in [0.4, 0.5) is 4.79 Å². The number of hydrogen-bond donors (Lipinski definition) is 2. The maximum atomic E-state index is 11.6. The van der Waals surface area contributed by atoms with E-state index >= 15 is 0 Å². The van der Waals surface area contributed by atoms with E-state index in [0.717, 1.165) is 12.8 Å². The number of ether oxygens (including phenoxy) is 1. The standard InChI is InChI=1S/C14H26N2O3/c1-14(2,3)19-13(18)15-10-6-9-12(17)16-11-7-4-5-8-11/h11H,4-10H2,1-3H3,(H,15,18)(H,16,17). The van der Waals surface area contributed by atoms with Crippen molar-refractivity contribution >= 4 is 12.0 Å². The molecule has 1 rings (SSSR count). The van der Waals surface area contributed by atoms with Gasteiger partial charge in [-0.2, -0.15) is 0 Å². The van der Waals surface area contributed by atoms with Crippen LogP contribution in [-0.4, -0.2) is 30.2 Å². The fourth-order valence-electron chi connectivity index (χ4n) is 2.12. The third-order valence-corrected chi connectivity index (χ3v) is 2.97. The topological polar surface area (TPSA) is 67.4 Å². The van der Waals surface area contributed by atoms with E-state index in [4.69, 9.17) is 4.74 Å². The van der Waals surface area contributed by atoms with Crippen molar-refractivity contribution in [2.45, 2.75) is 70.9 Å². The number of carbonyl (C=O) groups is 2. The first-order chi connectivity index (χ1) is 8.87. The Labute approximate surface area is 115 Å². The predicted molar refractivity (Wildman–Crippen MR) is 73.9 cm³/mol. The Kier molecular flexibility index (Phi) is 6.12. The SMILES string of the molecule is CC(C)(C)OC(=O)NCCCC(=O)NC1CCCC1. The molecule has 0 bridgehead atoms. The molecule has 0 heterocycles. The molecule has 0 unspecified atom stereocenters. The van der Waals surface area contributed by atoms with Crippen molar-refractivity contribution in [2.24, 2.45) is 0 Å². The maximum Gasteiger partial charge on any atom is 0.407 e. The van der Waals surface area contributed by atoms with Crippen LogP contribution in [0.15, 0.2) is 0 Å². The fourth-order valence-corrected chi connectivity index (χ4v) is 2.12. The number of nitrogens with one attached hydrogen (secondary N) is 2. The van der Waals surface area contributed by atoms with Crippen molar-refractivity contribution in [3.05, 3.63) is 0 Å². The average molecular weight is 270 g/mol. The van der Waals surface area contributed by atoms with Gasteiger partial charge in [0.05, 0.1) is 0 Å². The molecule has 1 aliphatic carbocycles. The first-order valence-electron chi connectivity index (χ1n) is 7.13. The summed E-state index contributed by atoms with van der Waals surface area (Å²) in [5, 5.41) is 5.67. The Bertz CT molecular complexity index is 304. The minimum absolute atomic E-state index is 0.0814. The normalized spacial score (nSPS) is 16.2. The summed E-state index contributed by atoms with van der Waals surface area (Å²) in [7, 11) is 0. The molecular weight excluding hydrogens is 244 g/mol. The van der Waals surface area contributed by atoms with Crippen LogP contribution in [0.3, 0.4) is 0 Å². The fraction of sp³-hybridized carbons (Fsp3) is 0.857. The van der Waals surface area contributed by atoms with Gasteiger partial charge in [0, 0.05) is 19.0 Å². The molecule has 0 aliphatic heterocycles. The Balaban J connectivity index is 2.03. The van der Waals surface area contributed by atoms with Gasteiger partial charge in [0.2, 0.25) is 5.91 Å². The van der Waals surface area contributed by atoms with Gasteiger partial charge in [-0.15, -0.1) is 0 Å². The van der Waals surface area contributed by atoms with Crippen molar-refractivity contribution in [2.75, 3.05) is 6.54 Å². The lowest BCUT2D eigenvalue weighted by Gasteiger charge is -2.19. The van der Waals surface area contributed by atoms with Crippen molar-refractivity contribution in [1.82, 2.24) is 10.6 Å². The molecule has 1 fully saturated rings. The van der Waals surface area contributed by atoms with Gasteiger partial charge in [-0.1, -0.05) is 12.8 Å². The summed E-state index contributed by atoms with van der Waals surface area (Å²) in [4.78, 5) is 23.0. The number of carbonyl (C=O) groups excluding carboxylic acids is 2. The second kappa shape index (κ2) is 7.36. The first-order valence-corrected chi connectivity index (χ1v) is 7.13. The lowest BCUT2D eigenvalue weighted by atomic mass is 10.2. The van der Waals surface area contributed by atoms with E-state index in [-0.39, 0.29) is 5.91 Å². The third-order valence-electron chi connectivity index (χ3n) is 2.97. The number of alkyl carbamates (subject to hydrolysis) is 1. The van der Waals surface area contributed by atoms with Crippen molar-refractivity contribution in [3.63, 3.8) is 0 Å². The molecule has 0 aromatic heterocycles. The van der Waals surface area contributed by atoms with Crippen LogP contribution in [0, 0.1) is 0 Å². The van der Waals surface area contributed by atoms with E-state index in [0.29, 0.717) is 25.4 Å². The summed E-state index contributed by atoms with van der Waals surface area (Å²) < 4.78 is 5.10. The van der Waals surface area contributed by atoms with Gasteiger partial charge in [0.1, 0.15) is 5.60 Å². The number of hydrogen-bond acceptors (Lipinski definition) is 3. The highest BCUT2D eigenvalue weighted by Crippen LogP contribution is 2.17. The molecule has 5 nitrogen and oxygen atoms in total. The van der Waals surface area contributed by atoms with Gasteiger partial charge in [-0.25, -0.2) is 4.79 Å². The lowest BCUT2D eigenvalue weighted by molar-refractivity contribution is -0.121. The number of rotatable bonds is 5. The largest absolute Gasteiger partial charge is 0.444 e. The highest BCUT2D eigenvalue weighted by molar-refractivity contribution is 5.76. The van der Waals surface area contributed by atoms with Crippen LogP contribution in [-0.2, 0) is 9.53 Å². The van der Waals surface area contributed by atoms with Crippen LogP contribution < -0.4 is 10.6 Å². The van der Waals surface area contributed by atoms with Gasteiger partial charge >= 0.3 is 6.09 Å². The molecule has 1 saturated carbocycles. The Morgan fingerprint density at radius 3 is 2.42 bits per heavy atom. The first kappa shape index (κ1) is 15.8. The molecule has 0 aromatic rings. The van der Waals surface area contributed by atoms with Crippen LogP contribution in [0.25, 0.3) is 0 Å². The van der Waals surface area contributed by atoms with E-state index in [9.17, 15) is 9.59 Å². The minimum Gasteiger partial charge on any atom is -0.444 e. The smallest absolute Gasteiger partial charge is 0.407 e. The number of amides is 2. The summed E-state index contributed by atoms with van der Waals surface area (Å²) in [5.74, 6) is 0.0814. The molecular formula is C14H26N2O3. The van der Waals surface area contributed by atoms with Crippen molar-refractivity contribution in [3.8, 4) is 0 Å². The minimum atomic E-state index is -0.482. The molecule has 19 heavy (non-hydrogen) atoms. The van der Waals surface area contributed by atoms with Crippen LogP contribution in [0.5, 0.6) is 0 Å². The molecule has 1 aliphatic rings. The predicted octanol–water partition coefficient (Wildman–Crippen LogP) is 2.35. The van der Waals surface area contributed by atoms with E-state index in [1.807, 2.05) is 20.8 Å². The van der Waals surface area contributed by atoms with Gasteiger partial charge in [0.15, 0.2) is 0 Å². The maximum absolute atomic E-state index is 11.6. The zero-order chi connectivity index (χ0) is 14.3. The van der Waals surface area contributed by atoms with E-state index < -0.39 is 11.7 Å². The molecule has 2 amide bonds. The highest BCUT2D eigenvalue weighted by atomic mass is 16.6. The molecule has 0 radical (unpaired) electrons. The molecule has 2 N–H and O–H groups in total. The van der Waals surface area contributed by atoms with Gasteiger partial charge in [0.25, 0.3) is 0 Å². The summed E-state index contributed by atoms with van der Waals surface area (Å²) in [5.41, 5.74) is -0.482. The van der Waals surface area contributed by atoms with E-state index in [2.05, 4.69) is 10.6 Å². The molecule has 0 atom stereocenters. The monoisotopic (exact) mass is 270 g/mol. The zero-order valence-electron chi connectivity index (χ0n) is 12.3. The van der Waals surface area contributed by atoms with Crippen molar-refractivity contribution in [1.29, 1.82) is 0 Å². The average Bonchev–Trinajstić information content (AvgIpc) is 2.74. The van der Waals surface area contributed by atoms with Gasteiger partial charge in [-0.05, 0) is 40.0 Å². The highest BCUT2D eigenvalue weighted by Gasteiger charge is 2.17. The molecule has 0 saturated heterocycles. The summed E-state index contributed by atoms with van der Waals surface area (Å²) in [6.07, 6.45) is 5.29. The van der Waals surface area contributed by atoms with Gasteiger partial charge < -0.3 is 15.4 Å². The summed E-state index contributed by atoms with van der Waals surface area (Å²) in [6.45, 7) is 5.93. The molecule has 0 spiro atoms. The molecule has 5 heteroatoms. The van der Waals surface area contributed by atoms with E-state index in [1.54, 1.807) is 0 Å². The summed E-state index contributed by atoms with van der Waals surface area (Å²) >= 11 is 0. The van der Waals surface area contributed by atoms with Crippen LogP contribution in [0.2, 0.25) is 0 Å². The zero-order valence-corrected chi connectivity index (χ0v) is 12.3. The third kappa shape index (κ3) is 7.70. The van der Waals surface area contributed by atoms with Gasteiger partial charge in [-0.3, -0.25) is 4.79 Å². The molecule has 110 valence electrons. The summed E-state index contributed by atoms with van der Waals surface area (Å²) in [6, 6.07) is 0.367. The lowest BCUT2D eigenvalue weighted by Crippen LogP contribution is -2.35. The second-order valence-electron chi connectivity index (χ2n) is 6.08.